The third-order valence-electron chi connectivity index (χ3n) is 2.92. The van der Waals surface area contributed by atoms with Gasteiger partial charge in [0.05, 0.1) is 13.2 Å². The van der Waals surface area contributed by atoms with E-state index in [4.69, 9.17) is 16.3 Å². The summed E-state index contributed by atoms with van der Waals surface area (Å²) in [6.45, 7) is 1.41. The topological polar surface area (TPSA) is 9.23 Å². The standard InChI is InChI=1S/C12H15ClOS/c13-11-4-2-1-3-10(11)7-14-8-12(9-15)5-6-12/h1-4,15H,5-9H2. The summed E-state index contributed by atoms with van der Waals surface area (Å²) in [6, 6.07) is 7.81. The van der Waals surface area contributed by atoms with Gasteiger partial charge < -0.3 is 4.74 Å². The number of halogens is 1. The van der Waals surface area contributed by atoms with Crippen molar-refractivity contribution < 1.29 is 4.74 Å². The molecule has 1 nitrogen and oxygen atoms in total. The molecule has 0 heterocycles. The van der Waals surface area contributed by atoms with Crippen molar-refractivity contribution in [2.24, 2.45) is 5.41 Å². The number of hydrogen-bond donors (Lipinski definition) is 1. The molecule has 0 bridgehead atoms. The van der Waals surface area contributed by atoms with E-state index < -0.39 is 0 Å². The van der Waals surface area contributed by atoms with Crippen LogP contribution >= 0.6 is 24.2 Å². The Morgan fingerprint density at radius 3 is 2.67 bits per heavy atom. The SMILES string of the molecule is SCC1(COCc2ccccc2Cl)CC1. The van der Waals surface area contributed by atoms with E-state index in [1.165, 1.54) is 12.8 Å². The molecule has 1 aliphatic rings. The van der Waals surface area contributed by atoms with E-state index in [-0.39, 0.29) is 0 Å². The molecule has 1 aromatic carbocycles. The van der Waals surface area contributed by atoms with Gasteiger partial charge in [-0.25, -0.2) is 0 Å². The smallest absolute Gasteiger partial charge is 0.0731 e. The summed E-state index contributed by atoms with van der Waals surface area (Å²) < 4.78 is 5.69. The summed E-state index contributed by atoms with van der Waals surface area (Å²) in [5, 5.41) is 0.785. The summed E-state index contributed by atoms with van der Waals surface area (Å²) in [4.78, 5) is 0. The highest BCUT2D eigenvalue weighted by Crippen LogP contribution is 2.46. The molecule has 0 atom stereocenters. The molecule has 0 radical (unpaired) electrons. The Morgan fingerprint density at radius 2 is 2.07 bits per heavy atom. The first-order valence-electron chi connectivity index (χ1n) is 5.18. The maximum atomic E-state index is 6.03. The predicted octanol–water partition coefficient (Wildman–Crippen LogP) is 3.57. The first-order valence-corrected chi connectivity index (χ1v) is 6.19. The molecular weight excluding hydrogens is 228 g/mol. The lowest BCUT2D eigenvalue weighted by atomic mass is 10.1. The number of hydrogen-bond acceptors (Lipinski definition) is 2. The van der Waals surface area contributed by atoms with Crippen molar-refractivity contribution in [2.45, 2.75) is 19.4 Å². The van der Waals surface area contributed by atoms with Crippen LogP contribution < -0.4 is 0 Å². The van der Waals surface area contributed by atoms with Crippen molar-refractivity contribution in [3.63, 3.8) is 0 Å². The number of rotatable bonds is 5. The maximum absolute atomic E-state index is 6.03. The molecule has 0 aromatic heterocycles. The van der Waals surface area contributed by atoms with Crippen LogP contribution in [0.2, 0.25) is 5.02 Å². The molecule has 0 aliphatic heterocycles. The van der Waals surface area contributed by atoms with Gasteiger partial charge >= 0.3 is 0 Å². The van der Waals surface area contributed by atoms with Crippen molar-refractivity contribution >= 4 is 24.2 Å². The van der Waals surface area contributed by atoms with E-state index in [1.807, 2.05) is 24.3 Å². The van der Waals surface area contributed by atoms with Crippen molar-refractivity contribution in [3.05, 3.63) is 34.9 Å². The Labute approximate surface area is 101 Å². The van der Waals surface area contributed by atoms with Gasteiger partial charge in [0.2, 0.25) is 0 Å². The molecule has 0 N–H and O–H groups in total. The van der Waals surface area contributed by atoms with Crippen LogP contribution in [-0.4, -0.2) is 12.4 Å². The van der Waals surface area contributed by atoms with Gasteiger partial charge in [-0.05, 0) is 30.2 Å². The molecule has 0 saturated heterocycles. The molecule has 0 unspecified atom stereocenters. The van der Waals surface area contributed by atoms with Gasteiger partial charge in [-0.15, -0.1) is 0 Å². The van der Waals surface area contributed by atoms with E-state index in [0.717, 1.165) is 22.9 Å². The van der Waals surface area contributed by atoms with Crippen molar-refractivity contribution in [2.75, 3.05) is 12.4 Å². The Balaban J connectivity index is 1.81. The van der Waals surface area contributed by atoms with Crippen molar-refractivity contribution in [1.82, 2.24) is 0 Å². The van der Waals surface area contributed by atoms with Crippen LogP contribution in [0.1, 0.15) is 18.4 Å². The molecule has 0 amide bonds. The summed E-state index contributed by atoms with van der Waals surface area (Å²) in [5.74, 6) is 0.926. The minimum absolute atomic E-state index is 0.365. The molecule has 2 rings (SSSR count). The monoisotopic (exact) mass is 242 g/mol. The molecule has 3 heteroatoms. The molecule has 1 fully saturated rings. The number of ether oxygens (including phenoxy) is 1. The van der Waals surface area contributed by atoms with Gasteiger partial charge in [0.15, 0.2) is 0 Å². The van der Waals surface area contributed by atoms with Gasteiger partial charge in [-0.2, -0.15) is 12.6 Å². The zero-order chi connectivity index (χ0) is 10.7. The van der Waals surface area contributed by atoms with Gasteiger partial charge in [0.25, 0.3) is 0 Å². The molecule has 0 spiro atoms. The second kappa shape index (κ2) is 4.77. The van der Waals surface area contributed by atoms with Gasteiger partial charge in [0.1, 0.15) is 0 Å². The van der Waals surface area contributed by atoms with Crippen LogP contribution in [0.25, 0.3) is 0 Å². The second-order valence-corrected chi connectivity index (χ2v) is 4.97. The Kier molecular flexibility index (Phi) is 3.60. The van der Waals surface area contributed by atoms with Gasteiger partial charge in [0, 0.05) is 10.4 Å². The maximum Gasteiger partial charge on any atom is 0.0731 e. The van der Waals surface area contributed by atoms with Crippen molar-refractivity contribution in [1.29, 1.82) is 0 Å². The summed E-state index contributed by atoms with van der Waals surface area (Å²) in [6.07, 6.45) is 2.50. The lowest BCUT2D eigenvalue weighted by Crippen LogP contribution is -2.12. The highest BCUT2D eigenvalue weighted by atomic mass is 35.5. The number of benzene rings is 1. The molecular formula is C12H15ClOS. The van der Waals surface area contributed by atoms with E-state index in [1.54, 1.807) is 0 Å². The van der Waals surface area contributed by atoms with Crippen LogP contribution in [0.3, 0.4) is 0 Å². The first kappa shape index (κ1) is 11.3. The molecule has 1 aromatic rings. The largest absolute Gasteiger partial charge is 0.376 e. The normalized spacial score (nSPS) is 17.7. The Hall–Kier alpha value is -0.180. The van der Waals surface area contributed by atoms with E-state index in [2.05, 4.69) is 12.6 Å². The zero-order valence-corrected chi connectivity index (χ0v) is 10.2. The fourth-order valence-corrected chi connectivity index (χ4v) is 2.12. The zero-order valence-electron chi connectivity index (χ0n) is 8.58. The molecule has 82 valence electrons. The van der Waals surface area contributed by atoms with Crippen LogP contribution in [0.5, 0.6) is 0 Å². The van der Waals surface area contributed by atoms with Crippen LogP contribution in [0.15, 0.2) is 24.3 Å². The minimum atomic E-state index is 0.365. The van der Waals surface area contributed by atoms with Crippen LogP contribution in [0, 0.1) is 5.41 Å². The van der Waals surface area contributed by atoms with Gasteiger partial charge in [-0.1, -0.05) is 29.8 Å². The summed E-state index contributed by atoms with van der Waals surface area (Å²) >= 11 is 10.4. The van der Waals surface area contributed by atoms with Crippen LogP contribution in [-0.2, 0) is 11.3 Å². The highest BCUT2D eigenvalue weighted by Gasteiger charge is 2.41. The fraction of sp³-hybridized carbons (Fsp3) is 0.500. The Bertz CT molecular complexity index is 336. The quantitative estimate of drug-likeness (QED) is 0.777. The summed E-state index contributed by atoms with van der Waals surface area (Å²) in [7, 11) is 0. The summed E-state index contributed by atoms with van der Waals surface area (Å²) in [5.41, 5.74) is 1.43. The highest BCUT2D eigenvalue weighted by molar-refractivity contribution is 7.80. The lowest BCUT2D eigenvalue weighted by Gasteiger charge is -2.12. The third-order valence-corrected chi connectivity index (χ3v) is 3.96. The third kappa shape index (κ3) is 2.90. The predicted molar refractivity (Wildman–Crippen MR) is 66.6 cm³/mol. The lowest BCUT2D eigenvalue weighted by molar-refractivity contribution is 0.0858. The van der Waals surface area contributed by atoms with E-state index in [9.17, 15) is 0 Å². The van der Waals surface area contributed by atoms with E-state index in [0.29, 0.717) is 12.0 Å². The number of thiol groups is 1. The molecule has 1 aliphatic carbocycles. The van der Waals surface area contributed by atoms with Crippen LogP contribution in [0.4, 0.5) is 0 Å². The molecule has 1 saturated carbocycles. The fourth-order valence-electron chi connectivity index (χ4n) is 1.52. The van der Waals surface area contributed by atoms with Crippen molar-refractivity contribution in [3.8, 4) is 0 Å². The second-order valence-electron chi connectivity index (χ2n) is 4.24. The first-order chi connectivity index (χ1) is 7.26. The molecule has 15 heavy (non-hydrogen) atoms. The van der Waals surface area contributed by atoms with Gasteiger partial charge in [-0.3, -0.25) is 0 Å². The Morgan fingerprint density at radius 1 is 1.33 bits per heavy atom. The average molecular weight is 243 g/mol. The minimum Gasteiger partial charge on any atom is -0.376 e. The van der Waals surface area contributed by atoms with E-state index >= 15 is 0 Å². The average Bonchev–Trinajstić information content (AvgIpc) is 3.02.